The molecular weight excluding hydrogens is 424 g/mol. The summed E-state index contributed by atoms with van der Waals surface area (Å²) in [6.07, 6.45) is 1.70. The number of para-hydroxylation sites is 1. The quantitative estimate of drug-likeness (QED) is 0.310. The molecule has 31 heavy (non-hydrogen) atoms. The fourth-order valence-electron chi connectivity index (χ4n) is 3.49. The highest BCUT2D eigenvalue weighted by atomic mass is 32.2. The monoisotopic (exact) mass is 442 g/mol. The molecule has 0 fully saturated rings. The van der Waals surface area contributed by atoms with Gasteiger partial charge < -0.3 is 9.83 Å². The lowest BCUT2D eigenvalue weighted by atomic mass is 10.1. The molecule has 6 heteroatoms. The lowest BCUT2D eigenvalue weighted by Gasteiger charge is -2.15. The van der Waals surface area contributed by atoms with E-state index in [9.17, 15) is 9.32 Å². The zero-order valence-electron chi connectivity index (χ0n) is 16.4. The molecule has 1 heterocycles. The van der Waals surface area contributed by atoms with Gasteiger partial charge in [-0.2, -0.15) is 0 Å². The minimum Gasteiger partial charge on any atom is -0.506 e. The molecule has 1 unspecified atom stereocenters. The van der Waals surface area contributed by atoms with Crippen LogP contribution in [-0.4, -0.2) is 14.3 Å². The van der Waals surface area contributed by atoms with Crippen LogP contribution in [0.15, 0.2) is 112 Å². The van der Waals surface area contributed by atoms with E-state index >= 15 is 0 Å². The predicted octanol–water partition coefficient (Wildman–Crippen LogP) is 6.38. The molecule has 4 nitrogen and oxygen atoms in total. The zero-order chi connectivity index (χ0) is 21.2. The Labute approximate surface area is 186 Å². The first-order chi connectivity index (χ1) is 15.2. The first-order valence-electron chi connectivity index (χ1n) is 9.70. The molecule has 5 aromatic rings. The number of rotatable bonds is 5. The molecule has 2 N–H and O–H groups in total. The maximum Gasteiger partial charge on any atom is 0.152 e. The second-order valence-electron chi connectivity index (χ2n) is 6.93. The lowest BCUT2D eigenvalue weighted by Crippen LogP contribution is -2.06. The molecule has 1 atom stereocenters. The van der Waals surface area contributed by atoms with E-state index in [-0.39, 0.29) is 5.75 Å². The van der Waals surface area contributed by atoms with Crippen LogP contribution in [0.3, 0.4) is 0 Å². The minimum atomic E-state index is -1.53. The Morgan fingerprint density at radius 2 is 1.58 bits per heavy atom. The van der Waals surface area contributed by atoms with E-state index in [1.54, 1.807) is 6.20 Å². The summed E-state index contributed by atoms with van der Waals surface area (Å²) >= 11 is 1.47. The van der Waals surface area contributed by atoms with Crippen molar-refractivity contribution in [2.75, 3.05) is 4.72 Å². The van der Waals surface area contributed by atoms with Gasteiger partial charge in [0, 0.05) is 27.3 Å². The van der Waals surface area contributed by atoms with Gasteiger partial charge in [0.2, 0.25) is 0 Å². The van der Waals surface area contributed by atoms with Crippen LogP contribution in [0.5, 0.6) is 5.75 Å². The average Bonchev–Trinajstić information content (AvgIpc) is 2.82. The Hall–Kier alpha value is -3.35. The van der Waals surface area contributed by atoms with Crippen molar-refractivity contribution in [3.05, 3.63) is 97.2 Å². The number of pyridine rings is 1. The van der Waals surface area contributed by atoms with Gasteiger partial charge in [-0.1, -0.05) is 72.4 Å². The third kappa shape index (κ3) is 3.87. The van der Waals surface area contributed by atoms with Gasteiger partial charge in [-0.3, -0.25) is 4.98 Å². The van der Waals surface area contributed by atoms with Crippen molar-refractivity contribution in [1.82, 2.24) is 4.98 Å². The minimum absolute atomic E-state index is 0.215. The van der Waals surface area contributed by atoms with Gasteiger partial charge in [-0.15, -0.1) is 0 Å². The van der Waals surface area contributed by atoms with Crippen molar-refractivity contribution >= 4 is 50.1 Å². The number of aromatic hydroxyl groups is 1. The third-order valence-corrected chi connectivity index (χ3v) is 7.12. The fourth-order valence-corrected chi connectivity index (χ4v) is 5.45. The lowest BCUT2D eigenvalue weighted by molar-refractivity contribution is 0.469. The van der Waals surface area contributed by atoms with Gasteiger partial charge in [0.1, 0.15) is 5.75 Å². The van der Waals surface area contributed by atoms with Crippen LogP contribution in [0.2, 0.25) is 0 Å². The second kappa shape index (κ2) is 8.41. The zero-order valence-corrected chi connectivity index (χ0v) is 18.0. The maximum atomic E-state index is 13.3. The molecule has 0 saturated heterocycles. The van der Waals surface area contributed by atoms with Crippen molar-refractivity contribution in [3.8, 4) is 5.75 Å². The van der Waals surface area contributed by atoms with Crippen LogP contribution in [0.4, 0.5) is 5.69 Å². The molecular formula is C25H18N2O2S2. The largest absolute Gasteiger partial charge is 0.506 e. The van der Waals surface area contributed by atoms with E-state index in [1.165, 1.54) is 11.8 Å². The molecule has 5 rings (SSSR count). The van der Waals surface area contributed by atoms with Gasteiger partial charge in [-0.25, -0.2) is 4.21 Å². The number of nitrogens with zero attached hydrogens (tertiary/aromatic N) is 1. The van der Waals surface area contributed by atoms with Gasteiger partial charge in [-0.05, 0) is 30.3 Å². The third-order valence-electron chi connectivity index (χ3n) is 4.95. The van der Waals surface area contributed by atoms with E-state index in [1.807, 2.05) is 91.0 Å². The van der Waals surface area contributed by atoms with Gasteiger partial charge in [0.25, 0.3) is 0 Å². The molecule has 0 aliphatic rings. The van der Waals surface area contributed by atoms with E-state index in [0.717, 1.165) is 15.7 Å². The Morgan fingerprint density at radius 1 is 0.839 bits per heavy atom. The first-order valence-corrected chi connectivity index (χ1v) is 11.7. The molecule has 0 aliphatic heterocycles. The normalized spacial score (nSPS) is 12.1. The number of anilines is 1. The Kier molecular flexibility index (Phi) is 5.32. The molecule has 0 saturated carbocycles. The Bertz CT molecular complexity index is 1420. The fraction of sp³-hybridized carbons (Fsp3) is 0. The van der Waals surface area contributed by atoms with E-state index < -0.39 is 11.0 Å². The van der Waals surface area contributed by atoms with E-state index in [4.69, 9.17) is 0 Å². The average molecular weight is 443 g/mol. The molecule has 1 aromatic heterocycles. The van der Waals surface area contributed by atoms with Crippen LogP contribution in [-0.2, 0) is 11.0 Å². The van der Waals surface area contributed by atoms with Gasteiger partial charge in [0.15, 0.2) is 11.0 Å². The maximum absolute atomic E-state index is 13.3. The summed E-state index contributed by atoms with van der Waals surface area (Å²) in [5, 5.41) is 13.3. The van der Waals surface area contributed by atoms with Crippen molar-refractivity contribution in [2.24, 2.45) is 0 Å². The summed E-state index contributed by atoms with van der Waals surface area (Å²) in [6.45, 7) is 0. The molecule has 0 bridgehead atoms. The summed E-state index contributed by atoms with van der Waals surface area (Å²) in [6, 6.07) is 28.7. The SMILES string of the molecule is O=S(Nc1cc(Sc2ccccc2)c(O)c2ccccc12)c1cccc2cccnc12. The van der Waals surface area contributed by atoms with Crippen molar-refractivity contribution in [2.45, 2.75) is 14.7 Å². The van der Waals surface area contributed by atoms with Crippen LogP contribution in [0, 0.1) is 0 Å². The van der Waals surface area contributed by atoms with Crippen LogP contribution >= 0.6 is 11.8 Å². The molecule has 4 aromatic carbocycles. The number of hydrogen-bond acceptors (Lipinski definition) is 4. The molecule has 0 spiro atoms. The molecule has 0 radical (unpaired) electrons. The summed E-state index contributed by atoms with van der Waals surface area (Å²) < 4.78 is 16.5. The highest BCUT2D eigenvalue weighted by Gasteiger charge is 2.16. The number of phenolic OH excluding ortho intramolecular Hbond substituents is 1. The smallest absolute Gasteiger partial charge is 0.152 e. The topological polar surface area (TPSA) is 62.2 Å². The van der Waals surface area contributed by atoms with Crippen molar-refractivity contribution in [1.29, 1.82) is 0 Å². The highest BCUT2D eigenvalue weighted by Crippen LogP contribution is 2.42. The van der Waals surface area contributed by atoms with Crippen LogP contribution in [0.25, 0.3) is 21.7 Å². The Balaban J connectivity index is 1.59. The van der Waals surface area contributed by atoms with Crippen LogP contribution in [0.1, 0.15) is 0 Å². The number of nitrogens with one attached hydrogen (secondary N) is 1. The number of fused-ring (bicyclic) bond motifs is 2. The number of hydrogen-bond donors (Lipinski definition) is 2. The summed E-state index contributed by atoms with van der Waals surface area (Å²) in [7, 11) is -1.53. The first kappa shape index (κ1) is 19.6. The van der Waals surface area contributed by atoms with E-state index in [0.29, 0.717) is 26.4 Å². The molecule has 0 aliphatic carbocycles. The van der Waals surface area contributed by atoms with Gasteiger partial charge in [0.05, 0.1) is 21.0 Å². The van der Waals surface area contributed by atoms with Crippen molar-refractivity contribution < 1.29 is 9.32 Å². The van der Waals surface area contributed by atoms with Crippen LogP contribution < -0.4 is 4.72 Å². The standard InChI is InChI=1S/C25H18N2O2S2/c28-25-20-13-5-4-12-19(20)21(16-22(25)30-18-10-2-1-3-11-18)27-31(29)23-14-6-8-17-9-7-15-26-24(17)23/h1-16,27-28H. The highest BCUT2D eigenvalue weighted by molar-refractivity contribution is 7.99. The summed E-state index contributed by atoms with van der Waals surface area (Å²) in [5.41, 5.74) is 1.40. The number of benzene rings is 4. The number of phenols is 1. The van der Waals surface area contributed by atoms with Gasteiger partial charge >= 0.3 is 0 Å². The second-order valence-corrected chi connectivity index (χ2v) is 9.23. The Morgan fingerprint density at radius 3 is 2.42 bits per heavy atom. The van der Waals surface area contributed by atoms with Crippen molar-refractivity contribution in [3.63, 3.8) is 0 Å². The molecule has 152 valence electrons. The molecule has 0 amide bonds. The predicted molar refractivity (Wildman–Crippen MR) is 128 cm³/mol. The van der Waals surface area contributed by atoms with E-state index in [2.05, 4.69) is 9.71 Å². The number of aromatic nitrogens is 1. The summed E-state index contributed by atoms with van der Waals surface area (Å²) in [5.74, 6) is 0.215. The summed E-state index contributed by atoms with van der Waals surface area (Å²) in [4.78, 5) is 6.74.